The number of nitrogens with zero attached hydrogens (tertiary/aromatic N) is 3. The number of ether oxygens (including phenoxy) is 1. The van der Waals surface area contributed by atoms with Crippen LogP contribution in [-0.4, -0.2) is 75.0 Å². The molecular weight excluding hydrogens is 482 g/mol. The second-order valence-corrected chi connectivity index (χ2v) is 6.69. The van der Waals surface area contributed by atoms with Crippen molar-refractivity contribution in [3.63, 3.8) is 0 Å². The van der Waals surface area contributed by atoms with Crippen LogP contribution in [0.25, 0.3) is 11.5 Å². The summed E-state index contributed by atoms with van der Waals surface area (Å²) in [4.78, 5) is 41.6. The molecule has 0 fully saturated rings. The first-order chi connectivity index (χ1) is 17.0. The second kappa shape index (κ2) is 12.1. The minimum absolute atomic E-state index is 0.00139. The third-order valence-electron chi connectivity index (χ3n) is 4.09. The molecule has 2 rings (SSSR count). The summed E-state index contributed by atoms with van der Waals surface area (Å²) in [6, 6.07) is 4.56. The zero-order valence-electron chi connectivity index (χ0n) is 18.7. The molecule has 0 spiro atoms. The van der Waals surface area contributed by atoms with Crippen LogP contribution in [0.2, 0.25) is 0 Å². The van der Waals surface area contributed by atoms with Crippen LogP contribution < -0.4 is 32.2 Å². The van der Waals surface area contributed by atoms with E-state index >= 15 is 0 Å². The van der Waals surface area contributed by atoms with Crippen LogP contribution in [0, 0.1) is 5.41 Å². The third kappa shape index (κ3) is 7.67. The molecule has 11 N–H and O–H groups in total. The number of methoxy groups -OCH3 is 1. The number of benzene rings is 1. The van der Waals surface area contributed by atoms with Gasteiger partial charge in [-0.2, -0.15) is 9.98 Å². The van der Waals surface area contributed by atoms with Crippen molar-refractivity contribution in [1.82, 2.24) is 20.8 Å². The first-order valence-electron chi connectivity index (χ1n) is 9.80. The van der Waals surface area contributed by atoms with Gasteiger partial charge >= 0.3 is 6.10 Å². The van der Waals surface area contributed by atoms with Gasteiger partial charge in [0.1, 0.15) is 11.5 Å². The number of amides is 3. The number of aromatic nitrogens is 2. The molecule has 1 aromatic heterocycles. The van der Waals surface area contributed by atoms with E-state index in [1.807, 2.05) is 0 Å². The number of amidine groups is 1. The highest BCUT2D eigenvalue weighted by molar-refractivity contribution is 6.45. The van der Waals surface area contributed by atoms with E-state index in [1.54, 1.807) is 6.07 Å². The Labute approximate surface area is 202 Å². The van der Waals surface area contributed by atoms with Gasteiger partial charge in [-0.25, -0.2) is 0 Å². The van der Waals surface area contributed by atoms with E-state index in [4.69, 9.17) is 41.5 Å². The number of nitrogens with one attached hydrogen (secondary N) is 4. The summed E-state index contributed by atoms with van der Waals surface area (Å²) >= 11 is 0. The van der Waals surface area contributed by atoms with Gasteiger partial charge in [0.2, 0.25) is 12.3 Å². The molecule has 36 heavy (non-hydrogen) atoms. The van der Waals surface area contributed by atoms with Gasteiger partial charge in [-0.1, -0.05) is 11.2 Å². The summed E-state index contributed by atoms with van der Waals surface area (Å²) in [7, 11) is 1.31. The quantitative estimate of drug-likeness (QED) is 0.0597. The number of anilines is 1. The molecule has 192 valence electrons. The molecule has 2 aromatic rings. The molecule has 3 amide bonds. The van der Waals surface area contributed by atoms with Crippen LogP contribution in [0.1, 0.15) is 5.82 Å². The average molecular weight is 505 g/mol. The molecule has 0 bridgehead atoms. The number of aliphatic hydroxyl groups is 3. The number of carbonyl (C=O) groups excluding carboxylic acids is 3. The molecule has 0 saturated heterocycles. The van der Waals surface area contributed by atoms with E-state index in [0.29, 0.717) is 0 Å². The van der Waals surface area contributed by atoms with Crippen molar-refractivity contribution in [2.24, 2.45) is 16.5 Å². The summed E-state index contributed by atoms with van der Waals surface area (Å²) in [5, 5.41) is 45.3. The van der Waals surface area contributed by atoms with Crippen LogP contribution in [0.15, 0.2) is 39.5 Å². The fraction of sp³-hybridized carbons (Fsp3) is 0.211. The summed E-state index contributed by atoms with van der Waals surface area (Å²) in [6.07, 6.45) is -2.55. The number of rotatable bonds is 12. The highest BCUT2D eigenvalue weighted by atomic mass is 16.7. The summed E-state index contributed by atoms with van der Waals surface area (Å²) < 4.78 is 10.6. The van der Waals surface area contributed by atoms with Crippen LogP contribution in [0.3, 0.4) is 0 Å². The predicted octanol–water partition coefficient (Wildman–Crippen LogP) is -3.15. The van der Waals surface area contributed by atoms with Crippen molar-refractivity contribution in [3.8, 4) is 17.2 Å². The fourth-order valence-electron chi connectivity index (χ4n) is 2.61. The standard InChI is InChI=1S/C19H23N9O8/c1-35-16-9(18-26-13(28-36-18)7-23-14(30)6-20)3-2-4-10(16)25-11(5-12(21)24-8-29)15(22)17(31)27-19(32,33)34/h2-5,8,22,25,32-34H,6-7,20H2,1H3,(H,23,30)(H,27,31)(H2,21,24,29)/b11-5+,22-15?. The minimum Gasteiger partial charge on any atom is -0.494 e. The Bertz CT molecular complexity index is 1200. The number of hydrogen-bond donors (Lipinski definition) is 9. The van der Waals surface area contributed by atoms with Gasteiger partial charge in [-0.05, 0) is 12.1 Å². The zero-order valence-corrected chi connectivity index (χ0v) is 18.7. The Morgan fingerprint density at radius 1 is 1.33 bits per heavy atom. The summed E-state index contributed by atoms with van der Waals surface area (Å²) in [5.74, 6) is -2.03. The number of carbonyl (C=O) groups is 3. The lowest BCUT2D eigenvalue weighted by Crippen LogP contribution is -2.51. The molecule has 17 nitrogen and oxygen atoms in total. The van der Waals surface area contributed by atoms with Crippen LogP contribution in [0.4, 0.5) is 5.69 Å². The molecule has 0 saturated carbocycles. The van der Waals surface area contributed by atoms with E-state index in [-0.39, 0.29) is 53.9 Å². The number of hydrogen-bond acceptors (Lipinski definition) is 13. The van der Waals surface area contributed by atoms with Crippen LogP contribution in [0.5, 0.6) is 5.75 Å². The maximum atomic E-state index is 12.2. The Kier molecular flexibility index (Phi) is 9.28. The number of aliphatic imine (C=N–C) groups is 1. The summed E-state index contributed by atoms with van der Waals surface area (Å²) in [6.45, 7) is -0.260. The Morgan fingerprint density at radius 2 is 2.06 bits per heavy atom. The molecule has 1 heterocycles. The van der Waals surface area contributed by atoms with Gasteiger partial charge in [0.05, 0.1) is 37.1 Å². The number of para-hydroxylation sites is 1. The maximum absolute atomic E-state index is 12.2. The molecule has 0 unspecified atom stereocenters. The maximum Gasteiger partial charge on any atom is 0.369 e. The predicted molar refractivity (Wildman–Crippen MR) is 122 cm³/mol. The smallest absolute Gasteiger partial charge is 0.369 e. The molecular formula is C19H23N9O8. The average Bonchev–Trinajstić information content (AvgIpc) is 3.29. The van der Waals surface area contributed by atoms with Crippen molar-refractivity contribution in [1.29, 1.82) is 5.41 Å². The molecule has 1 aromatic carbocycles. The molecule has 0 aliphatic heterocycles. The minimum atomic E-state index is -3.60. The lowest BCUT2D eigenvalue weighted by molar-refractivity contribution is -0.325. The SMILES string of the molecule is COc1c(N/C(=C/C(N)=NC=O)C(=N)C(=O)NC(O)(O)O)cccc1-c1nc(CNC(=O)CN)no1. The van der Waals surface area contributed by atoms with Crippen molar-refractivity contribution in [2.45, 2.75) is 12.6 Å². The van der Waals surface area contributed by atoms with E-state index in [0.717, 1.165) is 6.08 Å². The monoisotopic (exact) mass is 505 g/mol. The Hall–Kier alpha value is -4.71. The molecule has 17 heteroatoms. The Morgan fingerprint density at radius 3 is 2.67 bits per heavy atom. The van der Waals surface area contributed by atoms with Gasteiger partial charge < -0.3 is 46.7 Å². The largest absolute Gasteiger partial charge is 0.494 e. The van der Waals surface area contributed by atoms with E-state index in [2.05, 4.69) is 25.8 Å². The lowest BCUT2D eigenvalue weighted by Gasteiger charge is -2.19. The highest BCUT2D eigenvalue weighted by Gasteiger charge is 2.27. The first-order valence-corrected chi connectivity index (χ1v) is 9.80. The van der Waals surface area contributed by atoms with Crippen molar-refractivity contribution in [2.75, 3.05) is 19.0 Å². The van der Waals surface area contributed by atoms with Gasteiger partial charge in [0.25, 0.3) is 11.8 Å². The molecule has 0 atom stereocenters. The molecule has 0 aliphatic carbocycles. The fourth-order valence-corrected chi connectivity index (χ4v) is 2.61. The van der Waals surface area contributed by atoms with Crippen molar-refractivity contribution in [3.05, 3.63) is 35.8 Å². The second-order valence-electron chi connectivity index (χ2n) is 6.69. The normalized spacial score (nSPS) is 12.0. The van der Waals surface area contributed by atoms with Gasteiger partial charge in [-0.3, -0.25) is 25.1 Å². The van der Waals surface area contributed by atoms with Crippen molar-refractivity contribution < 1.29 is 39.0 Å². The lowest BCUT2D eigenvalue weighted by atomic mass is 10.1. The summed E-state index contributed by atoms with van der Waals surface area (Å²) in [5.41, 5.74) is 9.90. The zero-order chi connectivity index (χ0) is 26.9. The third-order valence-corrected chi connectivity index (χ3v) is 4.09. The van der Waals surface area contributed by atoms with Crippen LogP contribution >= 0.6 is 0 Å². The highest BCUT2D eigenvalue weighted by Crippen LogP contribution is 2.36. The first kappa shape index (κ1) is 27.5. The van der Waals surface area contributed by atoms with E-state index in [1.165, 1.54) is 24.6 Å². The van der Waals surface area contributed by atoms with Gasteiger partial charge in [-0.15, -0.1) is 0 Å². The van der Waals surface area contributed by atoms with Crippen molar-refractivity contribution >= 4 is 35.5 Å². The van der Waals surface area contributed by atoms with Gasteiger partial charge in [0.15, 0.2) is 11.6 Å². The van der Waals surface area contributed by atoms with E-state index < -0.39 is 29.5 Å². The topological polar surface area (TPSA) is 284 Å². The van der Waals surface area contributed by atoms with Gasteiger partial charge in [0, 0.05) is 6.08 Å². The van der Waals surface area contributed by atoms with E-state index in [9.17, 15) is 14.4 Å². The molecule has 0 radical (unpaired) electrons. The Balaban J connectivity index is 2.43. The number of nitrogens with two attached hydrogens (primary N) is 2. The molecule has 0 aliphatic rings. The van der Waals surface area contributed by atoms with Crippen LogP contribution in [-0.2, 0) is 20.9 Å².